The van der Waals surface area contributed by atoms with Gasteiger partial charge in [0.25, 0.3) is 0 Å². The Morgan fingerprint density at radius 3 is 2.63 bits per heavy atom. The Labute approximate surface area is 113 Å². The topological polar surface area (TPSA) is 21.3 Å². The Kier molecular flexibility index (Phi) is 4.53. The molecule has 2 nitrogen and oxygen atoms in total. The van der Waals surface area contributed by atoms with E-state index in [9.17, 15) is 4.39 Å². The van der Waals surface area contributed by atoms with Gasteiger partial charge in [0.1, 0.15) is 11.6 Å². The first kappa shape index (κ1) is 13.6. The zero-order valence-electron chi connectivity index (χ0n) is 11.2. The first-order chi connectivity index (χ1) is 9.24. The molecule has 0 heterocycles. The summed E-state index contributed by atoms with van der Waals surface area (Å²) in [6.45, 7) is 0. The number of likely N-dealkylation sites (N-methyl/N-ethyl adjacent to an activating group) is 1. The number of hydrogen-bond acceptors (Lipinski definition) is 2. The lowest BCUT2D eigenvalue weighted by Crippen LogP contribution is -2.19. The van der Waals surface area contributed by atoms with Gasteiger partial charge in [0.05, 0.1) is 7.11 Å². The summed E-state index contributed by atoms with van der Waals surface area (Å²) < 4.78 is 18.6. The van der Waals surface area contributed by atoms with Crippen molar-refractivity contribution >= 4 is 0 Å². The molecule has 19 heavy (non-hydrogen) atoms. The van der Waals surface area contributed by atoms with Crippen LogP contribution in [-0.4, -0.2) is 14.2 Å². The van der Waals surface area contributed by atoms with Gasteiger partial charge in [0.15, 0.2) is 0 Å². The van der Waals surface area contributed by atoms with E-state index in [4.69, 9.17) is 4.74 Å². The highest BCUT2D eigenvalue weighted by Crippen LogP contribution is 2.27. The lowest BCUT2D eigenvalue weighted by molar-refractivity contribution is 0.401. The van der Waals surface area contributed by atoms with Crippen molar-refractivity contribution < 1.29 is 9.13 Å². The summed E-state index contributed by atoms with van der Waals surface area (Å²) >= 11 is 0. The lowest BCUT2D eigenvalue weighted by Gasteiger charge is -2.19. The summed E-state index contributed by atoms with van der Waals surface area (Å²) in [6, 6.07) is 14.7. The Morgan fingerprint density at radius 1 is 1.16 bits per heavy atom. The van der Waals surface area contributed by atoms with E-state index in [0.717, 1.165) is 16.9 Å². The van der Waals surface area contributed by atoms with Gasteiger partial charge in [-0.3, -0.25) is 0 Å². The largest absolute Gasteiger partial charge is 0.496 e. The molecule has 1 unspecified atom stereocenters. The van der Waals surface area contributed by atoms with Crippen molar-refractivity contribution in [2.45, 2.75) is 12.5 Å². The molecule has 0 aromatic heterocycles. The second kappa shape index (κ2) is 6.34. The van der Waals surface area contributed by atoms with Crippen LogP contribution in [0.25, 0.3) is 0 Å². The minimum atomic E-state index is -0.202. The monoisotopic (exact) mass is 259 g/mol. The predicted molar refractivity (Wildman–Crippen MR) is 74.9 cm³/mol. The molecule has 0 aliphatic carbocycles. The summed E-state index contributed by atoms with van der Waals surface area (Å²) in [6.07, 6.45) is 0.717. The fourth-order valence-corrected chi connectivity index (χ4v) is 2.22. The second-order valence-electron chi connectivity index (χ2n) is 4.42. The van der Waals surface area contributed by atoms with Gasteiger partial charge >= 0.3 is 0 Å². The third-order valence-corrected chi connectivity index (χ3v) is 3.19. The van der Waals surface area contributed by atoms with E-state index < -0.39 is 0 Å². The number of hydrogen-bond donors (Lipinski definition) is 1. The summed E-state index contributed by atoms with van der Waals surface area (Å²) in [5.41, 5.74) is 2.04. The van der Waals surface area contributed by atoms with Crippen LogP contribution < -0.4 is 10.1 Å². The molecule has 0 spiro atoms. The number of ether oxygens (including phenoxy) is 1. The molecule has 0 aliphatic heterocycles. The number of rotatable bonds is 5. The molecule has 1 atom stereocenters. The van der Waals surface area contributed by atoms with E-state index in [1.54, 1.807) is 19.2 Å². The molecule has 3 heteroatoms. The average Bonchev–Trinajstić information content (AvgIpc) is 2.45. The molecule has 1 N–H and O–H groups in total. The van der Waals surface area contributed by atoms with Crippen LogP contribution in [0.3, 0.4) is 0 Å². The standard InChI is InChI=1S/C16H18FNO/c1-18-15(11-12-6-5-7-13(17)10-12)14-8-3-4-9-16(14)19-2/h3-10,15,18H,11H2,1-2H3. The van der Waals surface area contributed by atoms with Gasteiger partial charge < -0.3 is 10.1 Å². The molecule has 0 bridgehead atoms. The zero-order chi connectivity index (χ0) is 13.7. The highest BCUT2D eigenvalue weighted by Gasteiger charge is 2.14. The first-order valence-electron chi connectivity index (χ1n) is 6.29. The Hall–Kier alpha value is -1.87. The maximum atomic E-state index is 13.2. The van der Waals surface area contributed by atoms with Crippen LogP contribution in [0.4, 0.5) is 4.39 Å². The summed E-state index contributed by atoms with van der Waals surface area (Å²) in [5.74, 6) is 0.644. The molecular weight excluding hydrogens is 241 g/mol. The second-order valence-corrected chi connectivity index (χ2v) is 4.42. The number of para-hydroxylation sites is 1. The molecule has 0 saturated carbocycles. The van der Waals surface area contributed by atoms with Crippen LogP contribution >= 0.6 is 0 Å². The highest BCUT2D eigenvalue weighted by molar-refractivity contribution is 5.37. The van der Waals surface area contributed by atoms with Crippen molar-refractivity contribution in [2.75, 3.05) is 14.2 Å². The third-order valence-electron chi connectivity index (χ3n) is 3.19. The maximum Gasteiger partial charge on any atom is 0.123 e. The quantitative estimate of drug-likeness (QED) is 0.889. The van der Waals surface area contributed by atoms with Crippen LogP contribution in [0.1, 0.15) is 17.2 Å². The maximum absolute atomic E-state index is 13.2. The fourth-order valence-electron chi connectivity index (χ4n) is 2.22. The fraction of sp³-hybridized carbons (Fsp3) is 0.250. The number of methoxy groups -OCH3 is 1. The SMILES string of the molecule is CNC(Cc1cccc(F)c1)c1ccccc1OC. The van der Waals surface area contributed by atoms with Crippen molar-refractivity contribution in [3.8, 4) is 5.75 Å². The van der Waals surface area contributed by atoms with Crippen LogP contribution in [-0.2, 0) is 6.42 Å². The van der Waals surface area contributed by atoms with Gasteiger partial charge in [-0.1, -0.05) is 30.3 Å². The predicted octanol–water partition coefficient (Wildman–Crippen LogP) is 3.34. The van der Waals surface area contributed by atoms with E-state index in [1.165, 1.54) is 6.07 Å². The minimum absolute atomic E-state index is 0.0953. The molecule has 2 rings (SSSR count). The lowest BCUT2D eigenvalue weighted by atomic mass is 9.98. The smallest absolute Gasteiger partial charge is 0.123 e. The van der Waals surface area contributed by atoms with E-state index in [0.29, 0.717) is 6.42 Å². The van der Waals surface area contributed by atoms with Crippen molar-refractivity contribution in [1.29, 1.82) is 0 Å². The van der Waals surface area contributed by atoms with E-state index in [1.807, 2.05) is 37.4 Å². The van der Waals surface area contributed by atoms with Crippen LogP contribution in [0, 0.1) is 5.82 Å². The van der Waals surface area contributed by atoms with Crippen LogP contribution in [0.5, 0.6) is 5.75 Å². The van der Waals surface area contributed by atoms with Gasteiger partial charge in [-0.2, -0.15) is 0 Å². The third kappa shape index (κ3) is 3.32. The Bertz CT molecular complexity index is 542. The molecule has 0 amide bonds. The molecule has 0 aliphatic rings. The summed E-state index contributed by atoms with van der Waals surface area (Å²) in [7, 11) is 3.56. The summed E-state index contributed by atoms with van der Waals surface area (Å²) in [4.78, 5) is 0. The number of halogens is 1. The molecule has 0 saturated heterocycles. The van der Waals surface area contributed by atoms with Gasteiger partial charge in [-0.05, 0) is 37.2 Å². The van der Waals surface area contributed by atoms with E-state index >= 15 is 0 Å². The van der Waals surface area contributed by atoms with Gasteiger partial charge in [-0.15, -0.1) is 0 Å². The minimum Gasteiger partial charge on any atom is -0.496 e. The Morgan fingerprint density at radius 2 is 1.95 bits per heavy atom. The van der Waals surface area contributed by atoms with Crippen LogP contribution in [0.15, 0.2) is 48.5 Å². The summed E-state index contributed by atoms with van der Waals surface area (Å²) in [5, 5.41) is 3.26. The highest BCUT2D eigenvalue weighted by atomic mass is 19.1. The Balaban J connectivity index is 2.25. The van der Waals surface area contributed by atoms with Gasteiger partial charge in [0, 0.05) is 11.6 Å². The molecule has 2 aromatic rings. The van der Waals surface area contributed by atoms with Crippen molar-refractivity contribution in [1.82, 2.24) is 5.32 Å². The number of benzene rings is 2. The van der Waals surface area contributed by atoms with Crippen molar-refractivity contribution in [2.24, 2.45) is 0 Å². The van der Waals surface area contributed by atoms with Gasteiger partial charge in [-0.25, -0.2) is 4.39 Å². The normalized spacial score (nSPS) is 12.2. The number of nitrogens with one attached hydrogen (secondary N) is 1. The molecular formula is C16H18FNO. The van der Waals surface area contributed by atoms with Crippen molar-refractivity contribution in [3.05, 3.63) is 65.5 Å². The van der Waals surface area contributed by atoms with E-state index in [-0.39, 0.29) is 11.9 Å². The van der Waals surface area contributed by atoms with E-state index in [2.05, 4.69) is 5.32 Å². The zero-order valence-corrected chi connectivity index (χ0v) is 11.2. The van der Waals surface area contributed by atoms with Crippen LogP contribution in [0.2, 0.25) is 0 Å². The molecule has 100 valence electrons. The molecule has 0 radical (unpaired) electrons. The van der Waals surface area contributed by atoms with Crippen molar-refractivity contribution in [3.63, 3.8) is 0 Å². The van der Waals surface area contributed by atoms with Gasteiger partial charge in [0.2, 0.25) is 0 Å². The average molecular weight is 259 g/mol. The first-order valence-corrected chi connectivity index (χ1v) is 6.29. The molecule has 0 fully saturated rings. The molecule has 2 aromatic carbocycles.